The van der Waals surface area contributed by atoms with Gasteiger partial charge >= 0.3 is 0 Å². The Hall–Kier alpha value is -1.77. The summed E-state index contributed by atoms with van der Waals surface area (Å²) in [5.41, 5.74) is 2.26. The Morgan fingerprint density at radius 3 is 2.94 bits per heavy atom. The third-order valence-electron chi connectivity index (χ3n) is 2.34. The first-order valence-electron chi connectivity index (χ1n) is 5.49. The molecule has 0 aliphatic carbocycles. The predicted octanol–water partition coefficient (Wildman–Crippen LogP) is 1.75. The van der Waals surface area contributed by atoms with E-state index in [-0.39, 0.29) is 11.3 Å². The van der Waals surface area contributed by atoms with Crippen LogP contribution in [0.2, 0.25) is 5.02 Å². The van der Waals surface area contributed by atoms with E-state index in [1.165, 1.54) is 0 Å². The number of hydrogen-bond donors (Lipinski definition) is 2. The van der Waals surface area contributed by atoms with Gasteiger partial charge < -0.3 is 4.74 Å². The molecule has 0 saturated carbocycles. The van der Waals surface area contributed by atoms with E-state index in [0.717, 1.165) is 6.42 Å². The smallest absolute Gasteiger partial charge is 0.274 e. The van der Waals surface area contributed by atoms with Crippen molar-refractivity contribution in [2.24, 2.45) is 5.84 Å². The monoisotopic (exact) mass is 267 g/mol. The summed E-state index contributed by atoms with van der Waals surface area (Å²) in [5, 5.41) is 9.29. The van der Waals surface area contributed by atoms with E-state index in [2.05, 4.69) is 0 Å². The minimum Gasteiger partial charge on any atom is -0.479 e. The molecule has 0 saturated heterocycles. The van der Waals surface area contributed by atoms with Crippen molar-refractivity contribution in [1.82, 2.24) is 5.43 Å². The molecular formula is C12H14ClN3O2. The van der Waals surface area contributed by atoms with Gasteiger partial charge in [0.2, 0.25) is 0 Å². The summed E-state index contributed by atoms with van der Waals surface area (Å²) in [6, 6.07) is 6.79. The standard InChI is InChI=1S/C12H14ClN3O2/c1-2-4-11(12(17)16-15)18-10-6-3-5-9(13)8(10)7-14/h3,5-6,11H,2,4,15H2,1H3,(H,16,17). The zero-order chi connectivity index (χ0) is 13.5. The number of amides is 1. The molecule has 1 rings (SSSR count). The zero-order valence-electron chi connectivity index (χ0n) is 9.94. The summed E-state index contributed by atoms with van der Waals surface area (Å²) in [5.74, 6) is 4.94. The number of hydrogen-bond acceptors (Lipinski definition) is 4. The van der Waals surface area contributed by atoms with Gasteiger partial charge in [-0.05, 0) is 18.6 Å². The van der Waals surface area contributed by atoms with Crippen molar-refractivity contribution in [3.05, 3.63) is 28.8 Å². The third kappa shape index (κ3) is 3.36. The van der Waals surface area contributed by atoms with Crippen molar-refractivity contribution in [1.29, 1.82) is 5.26 Å². The highest BCUT2D eigenvalue weighted by Gasteiger charge is 2.20. The molecule has 0 heterocycles. The van der Waals surface area contributed by atoms with Gasteiger partial charge in [-0.1, -0.05) is 31.0 Å². The molecule has 1 amide bonds. The molecule has 1 aromatic rings. The van der Waals surface area contributed by atoms with Crippen LogP contribution in [-0.4, -0.2) is 12.0 Å². The number of halogens is 1. The summed E-state index contributed by atoms with van der Waals surface area (Å²) in [6.07, 6.45) is 0.520. The fourth-order valence-electron chi connectivity index (χ4n) is 1.46. The molecule has 0 aromatic heterocycles. The average molecular weight is 268 g/mol. The van der Waals surface area contributed by atoms with E-state index in [0.29, 0.717) is 11.4 Å². The second-order valence-corrected chi connectivity index (χ2v) is 4.04. The SMILES string of the molecule is CCCC(Oc1cccc(Cl)c1C#N)C(=O)NN. The molecule has 0 aliphatic rings. The maximum Gasteiger partial charge on any atom is 0.274 e. The molecule has 1 atom stereocenters. The van der Waals surface area contributed by atoms with E-state index in [4.69, 9.17) is 27.4 Å². The molecule has 3 N–H and O–H groups in total. The first-order valence-corrected chi connectivity index (χ1v) is 5.87. The van der Waals surface area contributed by atoms with Gasteiger partial charge in [0.25, 0.3) is 5.91 Å². The van der Waals surface area contributed by atoms with Crippen molar-refractivity contribution in [3.8, 4) is 11.8 Å². The topological polar surface area (TPSA) is 88.1 Å². The van der Waals surface area contributed by atoms with Gasteiger partial charge in [-0.2, -0.15) is 5.26 Å². The van der Waals surface area contributed by atoms with Crippen LogP contribution in [0.4, 0.5) is 0 Å². The number of nitriles is 1. The molecular weight excluding hydrogens is 254 g/mol. The average Bonchev–Trinajstić information content (AvgIpc) is 2.37. The summed E-state index contributed by atoms with van der Waals surface area (Å²) in [6.45, 7) is 1.92. The van der Waals surface area contributed by atoms with E-state index in [1.807, 2.05) is 18.4 Å². The predicted molar refractivity (Wildman–Crippen MR) is 67.8 cm³/mol. The Balaban J connectivity index is 2.97. The molecule has 0 spiro atoms. The molecule has 0 aliphatic heterocycles. The van der Waals surface area contributed by atoms with Crippen LogP contribution in [0.1, 0.15) is 25.3 Å². The quantitative estimate of drug-likeness (QED) is 0.483. The Kier molecular flexibility index (Phi) is 5.43. The highest BCUT2D eigenvalue weighted by molar-refractivity contribution is 6.31. The molecule has 0 radical (unpaired) electrons. The number of hydrazine groups is 1. The van der Waals surface area contributed by atoms with E-state index >= 15 is 0 Å². The van der Waals surface area contributed by atoms with Crippen LogP contribution in [-0.2, 0) is 4.79 Å². The summed E-state index contributed by atoms with van der Waals surface area (Å²) in [4.78, 5) is 11.5. The Morgan fingerprint density at radius 1 is 1.67 bits per heavy atom. The molecule has 0 fully saturated rings. The van der Waals surface area contributed by atoms with E-state index in [9.17, 15) is 4.79 Å². The maximum atomic E-state index is 11.5. The lowest BCUT2D eigenvalue weighted by Gasteiger charge is -2.17. The number of rotatable bonds is 5. The minimum atomic E-state index is -0.731. The molecule has 5 nitrogen and oxygen atoms in total. The fourth-order valence-corrected chi connectivity index (χ4v) is 1.67. The number of nitrogens with one attached hydrogen (secondary N) is 1. The lowest BCUT2D eigenvalue weighted by Crippen LogP contribution is -2.42. The lowest BCUT2D eigenvalue weighted by atomic mass is 10.2. The van der Waals surface area contributed by atoms with Gasteiger partial charge in [-0.25, -0.2) is 5.84 Å². The van der Waals surface area contributed by atoms with Crippen LogP contribution >= 0.6 is 11.6 Å². The normalized spacial score (nSPS) is 11.4. The number of ether oxygens (including phenoxy) is 1. The van der Waals surface area contributed by atoms with Gasteiger partial charge in [-0.3, -0.25) is 10.2 Å². The second-order valence-electron chi connectivity index (χ2n) is 3.63. The summed E-state index contributed by atoms with van der Waals surface area (Å²) in [7, 11) is 0. The van der Waals surface area contributed by atoms with Gasteiger partial charge in [-0.15, -0.1) is 0 Å². The van der Waals surface area contributed by atoms with Crippen molar-refractivity contribution < 1.29 is 9.53 Å². The van der Waals surface area contributed by atoms with Crippen molar-refractivity contribution >= 4 is 17.5 Å². The zero-order valence-corrected chi connectivity index (χ0v) is 10.7. The molecule has 1 aromatic carbocycles. The number of nitrogens with two attached hydrogens (primary N) is 1. The van der Waals surface area contributed by atoms with E-state index < -0.39 is 12.0 Å². The molecule has 96 valence electrons. The van der Waals surface area contributed by atoms with Crippen LogP contribution in [0.25, 0.3) is 0 Å². The van der Waals surface area contributed by atoms with Gasteiger partial charge in [0.1, 0.15) is 17.4 Å². The van der Waals surface area contributed by atoms with Crippen LogP contribution < -0.4 is 16.0 Å². The fraction of sp³-hybridized carbons (Fsp3) is 0.333. The highest BCUT2D eigenvalue weighted by Crippen LogP contribution is 2.26. The Labute approximate surface area is 110 Å². The van der Waals surface area contributed by atoms with Gasteiger partial charge in [0.15, 0.2) is 6.10 Å². The van der Waals surface area contributed by atoms with Crippen LogP contribution in [0.5, 0.6) is 5.75 Å². The molecule has 18 heavy (non-hydrogen) atoms. The van der Waals surface area contributed by atoms with E-state index in [1.54, 1.807) is 18.2 Å². The highest BCUT2D eigenvalue weighted by atomic mass is 35.5. The third-order valence-corrected chi connectivity index (χ3v) is 2.66. The number of carbonyl (C=O) groups excluding carboxylic acids is 1. The number of benzene rings is 1. The van der Waals surface area contributed by atoms with Crippen molar-refractivity contribution in [2.75, 3.05) is 0 Å². The minimum absolute atomic E-state index is 0.213. The van der Waals surface area contributed by atoms with Crippen LogP contribution in [0.3, 0.4) is 0 Å². The van der Waals surface area contributed by atoms with Crippen molar-refractivity contribution in [2.45, 2.75) is 25.9 Å². The number of nitrogens with zero attached hydrogens (tertiary/aromatic N) is 1. The first-order chi connectivity index (χ1) is 8.63. The van der Waals surface area contributed by atoms with Gasteiger partial charge in [0.05, 0.1) is 5.02 Å². The maximum absolute atomic E-state index is 11.5. The Bertz CT molecular complexity index is 471. The first kappa shape index (κ1) is 14.3. The van der Waals surface area contributed by atoms with Crippen molar-refractivity contribution in [3.63, 3.8) is 0 Å². The largest absolute Gasteiger partial charge is 0.479 e. The van der Waals surface area contributed by atoms with Crippen LogP contribution in [0.15, 0.2) is 18.2 Å². The Morgan fingerprint density at radius 2 is 2.39 bits per heavy atom. The molecule has 6 heteroatoms. The second kappa shape index (κ2) is 6.84. The summed E-state index contributed by atoms with van der Waals surface area (Å²) >= 11 is 5.88. The summed E-state index contributed by atoms with van der Waals surface area (Å²) < 4.78 is 5.51. The van der Waals surface area contributed by atoms with Crippen LogP contribution in [0, 0.1) is 11.3 Å². The molecule has 0 bridgehead atoms. The number of carbonyl (C=O) groups is 1. The van der Waals surface area contributed by atoms with Gasteiger partial charge in [0, 0.05) is 0 Å². The molecule has 1 unspecified atom stereocenters. The lowest BCUT2D eigenvalue weighted by molar-refractivity contribution is -0.128.